The van der Waals surface area contributed by atoms with Gasteiger partial charge in [0.2, 0.25) is 5.91 Å². The second-order valence-corrected chi connectivity index (χ2v) is 5.16. The van der Waals surface area contributed by atoms with E-state index in [1.54, 1.807) is 10.9 Å². The number of nitrogens with zero attached hydrogens (tertiary/aromatic N) is 2. The molecule has 106 valence electrons. The fourth-order valence-corrected chi connectivity index (χ4v) is 2.35. The van der Waals surface area contributed by atoms with Crippen molar-refractivity contribution in [2.24, 2.45) is 0 Å². The predicted octanol–water partition coefficient (Wildman–Crippen LogP) is 0.304. The molecule has 1 atom stereocenters. The molecular weight excluding hydrogens is 258 g/mol. The van der Waals surface area contributed by atoms with Crippen LogP contribution in [0.5, 0.6) is 0 Å². The van der Waals surface area contributed by atoms with Crippen LogP contribution in [0.25, 0.3) is 11.0 Å². The van der Waals surface area contributed by atoms with Gasteiger partial charge in [-0.05, 0) is 12.1 Å². The Balaban J connectivity index is 1.61. The Kier molecular flexibility index (Phi) is 3.42. The van der Waals surface area contributed by atoms with E-state index in [9.17, 15) is 9.90 Å². The van der Waals surface area contributed by atoms with Crippen LogP contribution in [-0.2, 0) is 16.1 Å². The number of rotatable bonds is 4. The molecule has 1 aromatic heterocycles. The SMILES string of the molecule is O=C(Cn1cnc2ccccc21)NCC1(O)CCOC1. The smallest absolute Gasteiger partial charge is 0.240 e. The number of aromatic nitrogens is 2. The molecule has 3 rings (SSSR count). The largest absolute Gasteiger partial charge is 0.386 e. The maximum atomic E-state index is 11.9. The predicted molar refractivity (Wildman–Crippen MR) is 73.1 cm³/mol. The standard InChI is InChI=1S/C14H17N3O3/c18-13(15-8-14(19)5-6-20-9-14)7-17-10-16-11-3-1-2-4-12(11)17/h1-4,10,19H,5-9H2,(H,15,18). The van der Waals surface area contributed by atoms with E-state index in [1.165, 1.54) is 0 Å². The van der Waals surface area contributed by atoms with Gasteiger partial charge in [-0.3, -0.25) is 4.79 Å². The summed E-state index contributed by atoms with van der Waals surface area (Å²) >= 11 is 0. The number of aliphatic hydroxyl groups is 1. The van der Waals surface area contributed by atoms with Gasteiger partial charge in [0.1, 0.15) is 12.1 Å². The highest BCUT2D eigenvalue weighted by molar-refractivity contribution is 5.80. The maximum Gasteiger partial charge on any atom is 0.240 e. The van der Waals surface area contributed by atoms with Crippen LogP contribution in [0.4, 0.5) is 0 Å². The molecule has 20 heavy (non-hydrogen) atoms. The average molecular weight is 275 g/mol. The molecule has 0 bridgehead atoms. The zero-order valence-electron chi connectivity index (χ0n) is 11.1. The molecule has 2 aromatic rings. The van der Waals surface area contributed by atoms with E-state index in [0.29, 0.717) is 13.0 Å². The number of fused-ring (bicyclic) bond motifs is 1. The molecule has 0 radical (unpaired) electrons. The van der Waals surface area contributed by atoms with Gasteiger partial charge in [-0.1, -0.05) is 12.1 Å². The highest BCUT2D eigenvalue weighted by Crippen LogP contribution is 2.17. The molecule has 0 saturated carbocycles. The fourth-order valence-electron chi connectivity index (χ4n) is 2.35. The molecule has 1 aliphatic rings. The summed E-state index contributed by atoms with van der Waals surface area (Å²) in [4.78, 5) is 16.2. The molecule has 0 spiro atoms. The summed E-state index contributed by atoms with van der Waals surface area (Å²) in [6.07, 6.45) is 2.21. The lowest BCUT2D eigenvalue weighted by Gasteiger charge is -2.20. The monoisotopic (exact) mass is 275 g/mol. The first kappa shape index (κ1) is 13.1. The topological polar surface area (TPSA) is 76.4 Å². The number of imidazole rings is 1. The van der Waals surface area contributed by atoms with Gasteiger partial charge in [0.25, 0.3) is 0 Å². The molecule has 6 nitrogen and oxygen atoms in total. The van der Waals surface area contributed by atoms with Gasteiger partial charge in [0.15, 0.2) is 0 Å². The summed E-state index contributed by atoms with van der Waals surface area (Å²) in [5, 5.41) is 12.8. The summed E-state index contributed by atoms with van der Waals surface area (Å²) in [6, 6.07) is 7.66. The van der Waals surface area contributed by atoms with Gasteiger partial charge in [0.05, 0.1) is 24.0 Å². The number of para-hydroxylation sites is 2. The Morgan fingerprint density at radius 1 is 1.50 bits per heavy atom. The minimum absolute atomic E-state index is 0.145. The minimum Gasteiger partial charge on any atom is -0.386 e. The van der Waals surface area contributed by atoms with E-state index < -0.39 is 5.60 Å². The van der Waals surface area contributed by atoms with E-state index in [-0.39, 0.29) is 25.6 Å². The van der Waals surface area contributed by atoms with Crippen LogP contribution in [0.3, 0.4) is 0 Å². The van der Waals surface area contributed by atoms with Crippen molar-refractivity contribution < 1.29 is 14.6 Å². The fraction of sp³-hybridized carbons (Fsp3) is 0.429. The van der Waals surface area contributed by atoms with Crippen LogP contribution in [0, 0.1) is 0 Å². The van der Waals surface area contributed by atoms with Crippen LogP contribution in [0.1, 0.15) is 6.42 Å². The normalized spacial score (nSPS) is 22.2. The summed E-state index contributed by atoms with van der Waals surface area (Å²) in [5.74, 6) is -0.145. The molecule has 1 amide bonds. The van der Waals surface area contributed by atoms with Gasteiger partial charge in [-0.25, -0.2) is 4.98 Å². The van der Waals surface area contributed by atoms with E-state index >= 15 is 0 Å². The van der Waals surface area contributed by atoms with Crippen molar-refractivity contribution in [1.29, 1.82) is 0 Å². The number of carbonyl (C=O) groups excluding carboxylic acids is 1. The first-order chi connectivity index (χ1) is 9.66. The second kappa shape index (κ2) is 5.22. The van der Waals surface area contributed by atoms with Crippen molar-refractivity contribution in [2.75, 3.05) is 19.8 Å². The third kappa shape index (κ3) is 2.66. The third-order valence-electron chi connectivity index (χ3n) is 3.54. The summed E-state index contributed by atoms with van der Waals surface area (Å²) in [7, 11) is 0. The Morgan fingerprint density at radius 3 is 3.15 bits per heavy atom. The zero-order chi connectivity index (χ0) is 14.0. The molecule has 2 heterocycles. The number of amides is 1. The molecular formula is C14H17N3O3. The van der Waals surface area contributed by atoms with Crippen molar-refractivity contribution in [3.63, 3.8) is 0 Å². The number of nitrogens with one attached hydrogen (secondary N) is 1. The second-order valence-electron chi connectivity index (χ2n) is 5.16. The first-order valence-electron chi connectivity index (χ1n) is 6.63. The number of hydrogen-bond acceptors (Lipinski definition) is 4. The van der Waals surface area contributed by atoms with Gasteiger partial charge in [-0.15, -0.1) is 0 Å². The Labute approximate surface area is 116 Å². The van der Waals surface area contributed by atoms with Crippen molar-refractivity contribution in [3.05, 3.63) is 30.6 Å². The first-order valence-corrected chi connectivity index (χ1v) is 6.63. The van der Waals surface area contributed by atoms with Gasteiger partial charge >= 0.3 is 0 Å². The maximum absolute atomic E-state index is 11.9. The van der Waals surface area contributed by atoms with Crippen LogP contribution in [-0.4, -0.2) is 45.9 Å². The third-order valence-corrected chi connectivity index (χ3v) is 3.54. The highest BCUT2D eigenvalue weighted by atomic mass is 16.5. The number of carbonyl (C=O) groups is 1. The lowest BCUT2D eigenvalue weighted by molar-refractivity contribution is -0.122. The van der Waals surface area contributed by atoms with E-state index in [0.717, 1.165) is 11.0 Å². The van der Waals surface area contributed by atoms with Crippen molar-refractivity contribution in [1.82, 2.24) is 14.9 Å². The molecule has 1 fully saturated rings. The minimum atomic E-state index is -0.924. The van der Waals surface area contributed by atoms with Gasteiger partial charge in [0, 0.05) is 19.6 Å². The molecule has 1 aromatic carbocycles. The van der Waals surface area contributed by atoms with Crippen molar-refractivity contribution in [3.8, 4) is 0 Å². The van der Waals surface area contributed by atoms with Gasteiger partial charge in [-0.2, -0.15) is 0 Å². The Bertz CT molecular complexity index is 617. The highest BCUT2D eigenvalue weighted by Gasteiger charge is 2.32. The summed E-state index contributed by atoms with van der Waals surface area (Å²) < 4.78 is 6.93. The van der Waals surface area contributed by atoms with E-state index in [4.69, 9.17) is 4.74 Å². The van der Waals surface area contributed by atoms with Crippen molar-refractivity contribution >= 4 is 16.9 Å². The summed E-state index contributed by atoms with van der Waals surface area (Å²) in [5.41, 5.74) is 0.862. The molecule has 1 unspecified atom stereocenters. The van der Waals surface area contributed by atoms with Crippen LogP contribution in [0.2, 0.25) is 0 Å². The van der Waals surface area contributed by atoms with Crippen LogP contribution < -0.4 is 5.32 Å². The van der Waals surface area contributed by atoms with Crippen LogP contribution in [0.15, 0.2) is 30.6 Å². The Morgan fingerprint density at radius 2 is 2.35 bits per heavy atom. The number of benzene rings is 1. The molecule has 2 N–H and O–H groups in total. The molecule has 6 heteroatoms. The van der Waals surface area contributed by atoms with E-state index in [2.05, 4.69) is 10.3 Å². The van der Waals surface area contributed by atoms with Gasteiger partial charge < -0.3 is 19.7 Å². The quantitative estimate of drug-likeness (QED) is 0.841. The molecule has 1 aliphatic heterocycles. The number of ether oxygens (including phenoxy) is 1. The lowest BCUT2D eigenvalue weighted by Crippen LogP contribution is -2.44. The molecule has 0 aliphatic carbocycles. The molecule has 1 saturated heterocycles. The average Bonchev–Trinajstić information content (AvgIpc) is 3.05. The van der Waals surface area contributed by atoms with Crippen molar-refractivity contribution in [2.45, 2.75) is 18.6 Å². The number of hydrogen-bond donors (Lipinski definition) is 2. The zero-order valence-corrected chi connectivity index (χ0v) is 11.1. The van der Waals surface area contributed by atoms with Crippen LogP contribution >= 0.6 is 0 Å². The lowest BCUT2D eigenvalue weighted by atomic mass is 10.0. The Hall–Kier alpha value is -1.92. The van der Waals surface area contributed by atoms with E-state index in [1.807, 2.05) is 24.3 Å². The summed E-state index contributed by atoms with van der Waals surface area (Å²) in [6.45, 7) is 1.23.